The molecule has 20 heavy (non-hydrogen) atoms. The number of hydrogen-bond donors (Lipinski definition) is 2. The molecule has 0 aliphatic rings. The minimum atomic E-state index is -0.0828. The Morgan fingerprint density at radius 1 is 1.30 bits per heavy atom. The molecule has 0 amide bonds. The van der Waals surface area contributed by atoms with Crippen LogP contribution in [-0.2, 0) is 6.42 Å². The third-order valence-electron chi connectivity index (χ3n) is 2.86. The standard InChI is InChI=1S/C15H16ClN3O/c1-3-12-14(6-4-9(2)19-12)20-13-7-5-10(16)8-11(13)15(17)18/h4-8H,3H2,1-2H3,(H3,17,18). The lowest BCUT2D eigenvalue weighted by molar-refractivity contribution is 0.471. The third kappa shape index (κ3) is 3.08. The van der Waals surface area contributed by atoms with E-state index in [1.54, 1.807) is 18.2 Å². The summed E-state index contributed by atoms with van der Waals surface area (Å²) in [6.07, 6.45) is 0.764. The fourth-order valence-electron chi connectivity index (χ4n) is 1.86. The SMILES string of the molecule is CCc1nc(C)ccc1Oc1ccc(Cl)cc1C(=N)N. The lowest BCUT2D eigenvalue weighted by Crippen LogP contribution is -2.12. The molecule has 1 aromatic heterocycles. The van der Waals surface area contributed by atoms with Gasteiger partial charge >= 0.3 is 0 Å². The molecule has 0 saturated heterocycles. The summed E-state index contributed by atoms with van der Waals surface area (Å²) in [6.45, 7) is 3.95. The number of aromatic nitrogens is 1. The Hall–Kier alpha value is -2.07. The minimum absolute atomic E-state index is 0.0828. The number of halogens is 1. The van der Waals surface area contributed by atoms with Gasteiger partial charge in [0.05, 0.1) is 11.3 Å². The molecule has 104 valence electrons. The molecule has 0 aliphatic carbocycles. The van der Waals surface area contributed by atoms with E-state index >= 15 is 0 Å². The highest BCUT2D eigenvalue weighted by atomic mass is 35.5. The topological polar surface area (TPSA) is 72.0 Å². The van der Waals surface area contributed by atoms with Crippen LogP contribution in [0.25, 0.3) is 0 Å². The van der Waals surface area contributed by atoms with Gasteiger partial charge in [-0.05, 0) is 43.7 Å². The van der Waals surface area contributed by atoms with E-state index in [9.17, 15) is 0 Å². The van der Waals surface area contributed by atoms with E-state index in [1.807, 2.05) is 26.0 Å². The Bertz CT molecular complexity index is 656. The predicted molar refractivity (Wildman–Crippen MR) is 80.9 cm³/mol. The first-order chi connectivity index (χ1) is 9.51. The third-order valence-corrected chi connectivity index (χ3v) is 3.09. The number of rotatable bonds is 4. The molecule has 0 aliphatic heterocycles. The average molecular weight is 290 g/mol. The zero-order valence-electron chi connectivity index (χ0n) is 11.4. The molecule has 0 unspecified atom stereocenters. The summed E-state index contributed by atoms with van der Waals surface area (Å²) in [7, 11) is 0. The highest BCUT2D eigenvalue weighted by Gasteiger charge is 2.11. The summed E-state index contributed by atoms with van der Waals surface area (Å²) in [5, 5.41) is 8.11. The van der Waals surface area contributed by atoms with Crippen molar-refractivity contribution in [2.75, 3.05) is 0 Å². The van der Waals surface area contributed by atoms with Crippen molar-refractivity contribution in [2.45, 2.75) is 20.3 Å². The summed E-state index contributed by atoms with van der Waals surface area (Å²) in [5.41, 5.74) is 7.84. The monoisotopic (exact) mass is 289 g/mol. The quantitative estimate of drug-likeness (QED) is 0.666. The van der Waals surface area contributed by atoms with Crippen molar-refractivity contribution in [1.29, 1.82) is 5.41 Å². The maximum absolute atomic E-state index is 7.59. The average Bonchev–Trinajstić information content (AvgIpc) is 2.42. The van der Waals surface area contributed by atoms with Gasteiger partial charge in [0.1, 0.15) is 17.3 Å². The normalized spacial score (nSPS) is 10.3. The fourth-order valence-corrected chi connectivity index (χ4v) is 2.04. The highest BCUT2D eigenvalue weighted by molar-refractivity contribution is 6.31. The van der Waals surface area contributed by atoms with Crippen LogP contribution in [0.1, 0.15) is 23.9 Å². The first kappa shape index (κ1) is 14.3. The number of nitrogens with zero attached hydrogens (tertiary/aromatic N) is 1. The molecule has 1 aromatic carbocycles. The van der Waals surface area contributed by atoms with Crippen LogP contribution >= 0.6 is 11.6 Å². The number of ether oxygens (including phenoxy) is 1. The molecule has 0 bridgehead atoms. The van der Waals surface area contributed by atoms with E-state index in [1.165, 1.54) is 0 Å². The van der Waals surface area contributed by atoms with E-state index in [0.29, 0.717) is 22.1 Å². The van der Waals surface area contributed by atoms with Crippen LogP contribution in [0.4, 0.5) is 0 Å². The number of pyridine rings is 1. The van der Waals surface area contributed by atoms with Gasteiger partial charge in [0.2, 0.25) is 0 Å². The van der Waals surface area contributed by atoms with Gasteiger partial charge in [-0.25, -0.2) is 0 Å². The van der Waals surface area contributed by atoms with E-state index in [-0.39, 0.29) is 5.84 Å². The van der Waals surface area contributed by atoms with Gasteiger partial charge in [-0.15, -0.1) is 0 Å². The molecule has 4 nitrogen and oxygen atoms in total. The molecule has 3 N–H and O–H groups in total. The van der Waals surface area contributed by atoms with Crippen molar-refractivity contribution < 1.29 is 4.74 Å². The molecule has 2 aromatic rings. The maximum atomic E-state index is 7.59. The first-order valence-corrected chi connectivity index (χ1v) is 6.67. The Morgan fingerprint density at radius 2 is 2.00 bits per heavy atom. The number of nitrogen functional groups attached to an aromatic ring is 1. The summed E-state index contributed by atoms with van der Waals surface area (Å²) in [4.78, 5) is 4.44. The first-order valence-electron chi connectivity index (χ1n) is 6.29. The molecular formula is C15H16ClN3O. The lowest BCUT2D eigenvalue weighted by Gasteiger charge is -2.13. The van der Waals surface area contributed by atoms with Crippen molar-refractivity contribution in [2.24, 2.45) is 5.73 Å². The molecule has 1 heterocycles. The van der Waals surface area contributed by atoms with Gasteiger partial charge in [-0.1, -0.05) is 18.5 Å². The number of aryl methyl sites for hydroxylation is 2. The zero-order valence-corrected chi connectivity index (χ0v) is 12.2. The molecule has 5 heteroatoms. The molecule has 0 spiro atoms. The summed E-state index contributed by atoms with van der Waals surface area (Å²) >= 11 is 5.92. The van der Waals surface area contributed by atoms with E-state index < -0.39 is 0 Å². The fraction of sp³-hybridized carbons (Fsp3) is 0.200. The van der Waals surface area contributed by atoms with Gasteiger partial charge in [-0.2, -0.15) is 0 Å². The van der Waals surface area contributed by atoms with Gasteiger partial charge in [0.15, 0.2) is 0 Å². The van der Waals surface area contributed by atoms with Gasteiger partial charge in [-0.3, -0.25) is 10.4 Å². The van der Waals surface area contributed by atoms with Crippen LogP contribution in [-0.4, -0.2) is 10.8 Å². The van der Waals surface area contributed by atoms with Crippen LogP contribution in [0.15, 0.2) is 30.3 Å². The Balaban J connectivity index is 2.42. The lowest BCUT2D eigenvalue weighted by atomic mass is 10.2. The van der Waals surface area contributed by atoms with Crippen LogP contribution in [0.5, 0.6) is 11.5 Å². The Morgan fingerprint density at radius 3 is 2.65 bits per heavy atom. The molecule has 0 fully saturated rings. The molecule has 0 saturated carbocycles. The summed E-state index contributed by atoms with van der Waals surface area (Å²) in [6, 6.07) is 8.79. The zero-order chi connectivity index (χ0) is 14.7. The number of nitrogens with two attached hydrogens (primary N) is 1. The second-order valence-corrected chi connectivity index (χ2v) is 4.84. The molecular weight excluding hydrogens is 274 g/mol. The number of amidine groups is 1. The highest BCUT2D eigenvalue weighted by Crippen LogP contribution is 2.29. The minimum Gasteiger partial charge on any atom is -0.455 e. The van der Waals surface area contributed by atoms with Gasteiger partial charge in [0, 0.05) is 10.7 Å². The van der Waals surface area contributed by atoms with E-state index in [4.69, 9.17) is 27.5 Å². The Kier molecular flexibility index (Phi) is 4.25. The summed E-state index contributed by atoms with van der Waals surface area (Å²) < 4.78 is 5.86. The number of nitrogens with one attached hydrogen (secondary N) is 1. The summed E-state index contributed by atoms with van der Waals surface area (Å²) in [5.74, 6) is 1.09. The second kappa shape index (κ2) is 5.92. The van der Waals surface area contributed by atoms with Crippen LogP contribution in [0.3, 0.4) is 0 Å². The smallest absolute Gasteiger partial charge is 0.148 e. The van der Waals surface area contributed by atoms with Crippen molar-refractivity contribution >= 4 is 17.4 Å². The second-order valence-electron chi connectivity index (χ2n) is 4.41. The Labute approximate surface area is 123 Å². The van der Waals surface area contributed by atoms with Gasteiger partial charge < -0.3 is 10.5 Å². The molecule has 0 atom stereocenters. The van der Waals surface area contributed by atoms with Crippen molar-refractivity contribution in [1.82, 2.24) is 4.98 Å². The van der Waals surface area contributed by atoms with Crippen molar-refractivity contribution in [3.05, 3.63) is 52.3 Å². The van der Waals surface area contributed by atoms with Crippen molar-refractivity contribution in [3.8, 4) is 11.5 Å². The number of hydrogen-bond acceptors (Lipinski definition) is 3. The van der Waals surface area contributed by atoms with E-state index in [2.05, 4.69) is 4.98 Å². The predicted octanol–water partition coefficient (Wildman–Crippen LogP) is 3.68. The van der Waals surface area contributed by atoms with Crippen molar-refractivity contribution in [3.63, 3.8) is 0 Å². The molecule has 0 radical (unpaired) electrons. The molecule has 2 rings (SSSR count). The maximum Gasteiger partial charge on any atom is 0.148 e. The van der Waals surface area contributed by atoms with Gasteiger partial charge in [0.25, 0.3) is 0 Å². The van der Waals surface area contributed by atoms with E-state index in [0.717, 1.165) is 17.8 Å². The number of benzene rings is 1. The van der Waals surface area contributed by atoms with Crippen LogP contribution in [0.2, 0.25) is 5.02 Å². The largest absolute Gasteiger partial charge is 0.455 e. The van der Waals surface area contributed by atoms with Crippen LogP contribution < -0.4 is 10.5 Å². The van der Waals surface area contributed by atoms with Crippen LogP contribution in [0, 0.1) is 12.3 Å².